The molecule has 140 valence electrons. The number of guanidine groups is 1. The Kier molecular flexibility index (Phi) is 7.54. The maximum Gasteiger partial charge on any atom is 0.194 e. The molecule has 1 saturated heterocycles. The summed E-state index contributed by atoms with van der Waals surface area (Å²) in [6, 6.07) is 7.97. The molecule has 5 nitrogen and oxygen atoms in total. The molecule has 0 atom stereocenters. The summed E-state index contributed by atoms with van der Waals surface area (Å²) in [7, 11) is 6.36. The van der Waals surface area contributed by atoms with Gasteiger partial charge in [0.05, 0.1) is 6.54 Å². The maximum absolute atomic E-state index is 5.98. The summed E-state index contributed by atoms with van der Waals surface area (Å²) in [5.74, 6) is 0.935. The molecular formula is C19H31ClN4O. The fourth-order valence-corrected chi connectivity index (χ4v) is 3.25. The quantitative estimate of drug-likeness (QED) is 0.620. The Balaban J connectivity index is 2.09. The molecule has 0 unspecified atom stereocenters. The van der Waals surface area contributed by atoms with Gasteiger partial charge in [0.25, 0.3) is 0 Å². The van der Waals surface area contributed by atoms with E-state index in [-0.39, 0.29) is 5.54 Å². The topological polar surface area (TPSA) is 40.1 Å². The Morgan fingerprint density at radius 1 is 1.20 bits per heavy atom. The van der Waals surface area contributed by atoms with Crippen LogP contribution in [-0.2, 0) is 11.3 Å². The van der Waals surface area contributed by atoms with Crippen molar-refractivity contribution >= 4 is 17.6 Å². The summed E-state index contributed by atoms with van der Waals surface area (Å²) in [4.78, 5) is 9.42. The van der Waals surface area contributed by atoms with Gasteiger partial charge in [-0.05, 0) is 51.6 Å². The van der Waals surface area contributed by atoms with Crippen molar-refractivity contribution in [1.29, 1.82) is 0 Å². The van der Waals surface area contributed by atoms with Crippen LogP contribution in [0, 0.1) is 0 Å². The molecule has 1 aliphatic rings. The summed E-state index contributed by atoms with van der Waals surface area (Å²) < 4.78 is 5.55. The predicted molar refractivity (Wildman–Crippen MR) is 105 cm³/mol. The molecule has 0 saturated carbocycles. The molecule has 1 aromatic carbocycles. The Bertz CT molecular complexity index is 553. The van der Waals surface area contributed by atoms with Gasteiger partial charge < -0.3 is 19.9 Å². The molecule has 1 aliphatic heterocycles. The van der Waals surface area contributed by atoms with E-state index in [1.165, 1.54) is 5.56 Å². The first-order chi connectivity index (χ1) is 12.0. The van der Waals surface area contributed by atoms with E-state index in [1.54, 1.807) is 0 Å². The molecular weight excluding hydrogens is 336 g/mol. The highest BCUT2D eigenvalue weighted by Crippen LogP contribution is 2.26. The number of nitrogens with zero attached hydrogens (tertiary/aromatic N) is 3. The highest BCUT2D eigenvalue weighted by atomic mass is 35.5. The third kappa shape index (κ3) is 5.59. The Labute approximate surface area is 157 Å². The van der Waals surface area contributed by atoms with Gasteiger partial charge in [-0.25, -0.2) is 0 Å². The zero-order valence-corrected chi connectivity index (χ0v) is 16.6. The molecule has 1 heterocycles. The third-order valence-corrected chi connectivity index (χ3v) is 5.18. The van der Waals surface area contributed by atoms with E-state index in [0.29, 0.717) is 0 Å². The number of aliphatic imine (C=N–C) groups is 1. The van der Waals surface area contributed by atoms with Crippen LogP contribution in [-0.4, -0.2) is 68.7 Å². The van der Waals surface area contributed by atoms with E-state index in [4.69, 9.17) is 21.3 Å². The van der Waals surface area contributed by atoms with Crippen LogP contribution in [0.2, 0.25) is 5.02 Å². The normalized spacial score (nSPS) is 17.6. The van der Waals surface area contributed by atoms with Crippen LogP contribution in [0.4, 0.5) is 0 Å². The first-order valence-electron chi connectivity index (χ1n) is 8.96. The van der Waals surface area contributed by atoms with Crippen LogP contribution in [0.25, 0.3) is 0 Å². The van der Waals surface area contributed by atoms with Gasteiger partial charge in [-0.2, -0.15) is 0 Å². The Morgan fingerprint density at radius 3 is 2.40 bits per heavy atom. The van der Waals surface area contributed by atoms with Crippen molar-refractivity contribution < 1.29 is 4.74 Å². The molecule has 6 heteroatoms. The van der Waals surface area contributed by atoms with E-state index in [0.717, 1.165) is 56.7 Å². The molecule has 25 heavy (non-hydrogen) atoms. The van der Waals surface area contributed by atoms with E-state index in [1.807, 2.05) is 12.1 Å². The van der Waals surface area contributed by atoms with Crippen LogP contribution < -0.4 is 5.32 Å². The van der Waals surface area contributed by atoms with Crippen LogP contribution >= 0.6 is 11.6 Å². The van der Waals surface area contributed by atoms with Gasteiger partial charge in [0.15, 0.2) is 5.96 Å². The lowest BCUT2D eigenvalue weighted by molar-refractivity contribution is -0.00262. The van der Waals surface area contributed by atoms with E-state index in [9.17, 15) is 0 Å². The van der Waals surface area contributed by atoms with Crippen molar-refractivity contribution in [3.63, 3.8) is 0 Å². The van der Waals surface area contributed by atoms with Gasteiger partial charge in [0, 0.05) is 43.9 Å². The lowest BCUT2D eigenvalue weighted by Crippen LogP contribution is -2.51. The number of nitrogens with one attached hydrogen (secondary N) is 1. The van der Waals surface area contributed by atoms with Crippen LogP contribution in [0.3, 0.4) is 0 Å². The minimum Gasteiger partial charge on any atom is -0.381 e. The van der Waals surface area contributed by atoms with Crippen molar-refractivity contribution in [2.24, 2.45) is 4.99 Å². The standard InChI is InChI=1S/C19H31ClN4O/c1-5-21-18(24(4)14-16-6-8-17(20)9-7-16)22-15-19(23(2)3)10-12-25-13-11-19/h6-9H,5,10-15H2,1-4H3,(H,21,22). The minimum absolute atomic E-state index is 0.0834. The molecule has 1 fully saturated rings. The Morgan fingerprint density at radius 2 is 1.84 bits per heavy atom. The van der Waals surface area contributed by atoms with Crippen molar-refractivity contribution in [2.75, 3.05) is 47.4 Å². The predicted octanol–water partition coefficient (Wildman–Crippen LogP) is 2.85. The number of rotatable bonds is 6. The number of ether oxygens (including phenoxy) is 1. The van der Waals surface area contributed by atoms with Crippen LogP contribution in [0.1, 0.15) is 25.3 Å². The molecule has 0 aliphatic carbocycles. The fraction of sp³-hybridized carbons (Fsp3) is 0.632. The first kappa shape index (κ1) is 20.0. The molecule has 0 bridgehead atoms. The van der Waals surface area contributed by atoms with Crippen molar-refractivity contribution in [1.82, 2.24) is 15.1 Å². The second-order valence-electron chi connectivity index (χ2n) is 6.88. The van der Waals surface area contributed by atoms with Gasteiger partial charge in [0.2, 0.25) is 0 Å². The molecule has 1 N–H and O–H groups in total. The first-order valence-corrected chi connectivity index (χ1v) is 9.34. The summed E-state index contributed by atoms with van der Waals surface area (Å²) in [5, 5.41) is 4.17. The smallest absolute Gasteiger partial charge is 0.194 e. The SMILES string of the molecule is CCNC(=NCC1(N(C)C)CCOCC1)N(C)Cc1ccc(Cl)cc1. The zero-order chi connectivity index (χ0) is 18.3. The summed E-state index contributed by atoms with van der Waals surface area (Å²) >= 11 is 5.98. The van der Waals surface area contributed by atoms with Gasteiger partial charge >= 0.3 is 0 Å². The zero-order valence-electron chi connectivity index (χ0n) is 15.9. The highest BCUT2D eigenvalue weighted by Gasteiger charge is 2.34. The average molecular weight is 367 g/mol. The van der Waals surface area contributed by atoms with E-state index >= 15 is 0 Å². The van der Waals surface area contributed by atoms with Crippen LogP contribution in [0.5, 0.6) is 0 Å². The second-order valence-corrected chi connectivity index (χ2v) is 7.32. The second kappa shape index (κ2) is 9.41. The summed E-state index contributed by atoms with van der Waals surface area (Å²) in [5.41, 5.74) is 1.30. The number of halogens is 1. The lowest BCUT2D eigenvalue weighted by Gasteiger charge is -2.42. The molecule has 0 aromatic heterocycles. The van der Waals surface area contributed by atoms with E-state index < -0.39 is 0 Å². The summed E-state index contributed by atoms with van der Waals surface area (Å²) in [6.07, 6.45) is 2.04. The highest BCUT2D eigenvalue weighted by molar-refractivity contribution is 6.30. The number of likely N-dealkylation sites (N-methyl/N-ethyl adjacent to an activating group) is 1. The number of benzene rings is 1. The third-order valence-electron chi connectivity index (χ3n) is 4.92. The maximum atomic E-state index is 5.98. The van der Waals surface area contributed by atoms with Gasteiger partial charge in [-0.3, -0.25) is 4.99 Å². The minimum atomic E-state index is 0.0834. The van der Waals surface area contributed by atoms with E-state index in [2.05, 4.69) is 55.3 Å². The van der Waals surface area contributed by atoms with Crippen molar-refractivity contribution in [2.45, 2.75) is 31.8 Å². The number of hydrogen-bond acceptors (Lipinski definition) is 3. The van der Waals surface area contributed by atoms with Crippen molar-refractivity contribution in [3.8, 4) is 0 Å². The van der Waals surface area contributed by atoms with Gasteiger partial charge in [-0.15, -0.1) is 0 Å². The fourth-order valence-electron chi connectivity index (χ4n) is 3.13. The largest absolute Gasteiger partial charge is 0.381 e. The lowest BCUT2D eigenvalue weighted by atomic mass is 9.89. The number of hydrogen-bond donors (Lipinski definition) is 1. The van der Waals surface area contributed by atoms with Gasteiger partial charge in [-0.1, -0.05) is 23.7 Å². The molecule has 1 aromatic rings. The van der Waals surface area contributed by atoms with Crippen molar-refractivity contribution in [3.05, 3.63) is 34.9 Å². The monoisotopic (exact) mass is 366 g/mol. The average Bonchev–Trinajstić information content (AvgIpc) is 2.61. The van der Waals surface area contributed by atoms with Crippen LogP contribution in [0.15, 0.2) is 29.3 Å². The molecule has 0 spiro atoms. The molecule has 0 radical (unpaired) electrons. The summed E-state index contributed by atoms with van der Waals surface area (Å²) in [6.45, 7) is 6.14. The molecule has 2 rings (SSSR count). The Hall–Kier alpha value is -1.30. The van der Waals surface area contributed by atoms with Gasteiger partial charge in [0.1, 0.15) is 0 Å². The molecule has 0 amide bonds.